The number of alkyl halides is 3. The Labute approximate surface area is 131 Å². The summed E-state index contributed by atoms with van der Waals surface area (Å²) < 4.78 is 39.7. The molecule has 0 amide bonds. The molecule has 1 aromatic carbocycles. The van der Waals surface area contributed by atoms with Gasteiger partial charge in [-0.1, -0.05) is 12.1 Å². The van der Waals surface area contributed by atoms with Crippen LogP contribution < -0.4 is 0 Å². The molecule has 0 atom stereocenters. The van der Waals surface area contributed by atoms with Crippen LogP contribution in [0.4, 0.5) is 13.2 Å². The molecule has 0 spiro atoms. The van der Waals surface area contributed by atoms with Crippen LogP contribution in [0.15, 0.2) is 24.3 Å². The normalized spacial score (nSPS) is 15.3. The number of benzene rings is 1. The van der Waals surface area contributed by atoms with Gasteiger partial charge >= 0.3 is 6.18 Å². The van der Waals surface area contributed by atoms with Gasteiger partial charge in [-0.2, -0.15) is 23.5 Å². The molecule has 3 rings (SSSR count). The van der Waals surface area contributed by atoms with Gasteiger partial charge in [0.2, 0.25) is 0 Å². The van der Waals surface area contributed by atoms with Crippen molar-refractivity contribution in [2.45, 2.75) is 25.7 Å². The van der Waals surface area contributed by atoms with Crippen molar-refractivity contribution >= 4 is 0 Å². The third-order valence-electron chi connectivity index (χ3n) is 4.03. The molecular formula is C16H15F3N4. The number of halogens is 3. The molecule has 23 heavy (non-hydrogen) atoms. The quantitative estimate of drug-likeness (QED) is 0.854. The van der Waals surface area contributed by atoms with Crippen molar-refractivity contribution in [2.75, 3.05) is 13.6 Å². The predicted molar refractivity (Wildman–Crippen MR) is 78.3 cm³/mol. The lowest BCUT2D eigenvalue weighted by molar-refractivity contribution is -0.137. The fraction of sp³-hybridized carbons (Fsp3) is 0.375. The van der Waals surface area contributed by atoms with Gasteiger partial charge in [0.05, 0.1) is 17.3 Å². The highest BCUT2D eigenvalue weighted by Crippen LogP contribution is 2.33. The van der Waals surface area contributed by atoms with Gasteiger partial charge in [-0.05, 0) is 19.2 Å². The SMILES string of the molecule is CN1CCc2c(c(-c3ccc(C(F)(F)F)cc3)nn2CC#N)C1. The number of fused-ring (bicyclic) bond motifs is 1. The maximum absolute atomic E-state index is 12.7. The van der Waals surface area contributed by atoms with Crippen LogP contribution in [0.3, 0.4) is 0 Å². The van der Waals surface area contributed by atoms with Crippen LogP contribution in [0.2, 0.25) is 0 Å². The number of likely N-dealkylation sites (N-methyl/N-ethyl adjacent to an activating group) is 1. The summed E-state index contributed by atoms with van der Waals surface area (Å²) in [5, 5.41) is 13.4. The average Bonchev–Trinajstić information content (AvgIpc) is 2.85. The third kappa shape index (κ3) is 2.94. The zero-order valence-electron chi connectivity index (χ0n) is 12.6. The average molecular weight is 320 g/mol. The van der Waals surface area contributed by atoms with Crippen molar-refractivity contribution in [1.82, 2.24) is 14.7 Å². The van der Waals surface area contributed by atoms with E-state index in [1.54, 1.807) is 4.68 Å². The van der Waals surface area contributed by atoms with Gasteiger partial charge in [-0.15, -0.1) is 0 Å². The predicted octanol–water partition coefficient (Wildman–Crippen LogP) is 3.08. The summed E-state index contributed by atoms with van der Waals surface area (Å²) in [6.07, 6.45) is -3.57. The number of rotatable bonds is 2. The van der Waals surface area contributed by atoms with Gasteiger partial charge in [-0.3, -0.25) is 4.68 Å². The van der Waals surface area contributed by atoms with Crippen molar-refractivity contribution in [1.29, 1.82) is 5.26 Å². The Hall–Kier alpha value is -2.33. The van der Waals surface area contributed by atoms with E-state index in [9.17, 15) is 13.2 Å². The number of nitrogens with zero attached hydrogens (tertiary/aromatic N) is 4. The molecule has 120 valence electrons. The van der Waals surface area contributed by atoms with Crippen molar-refractivity contribution in [3.8, 4) is 17.3 Å². The Morgan fingerprint density at radius 2 is 1.96 bits per heavy atom. The van der Waals surface area contributed by atoms with Gasteiger partial charge in [-0.25, -0.2) is 0 Å². The van der Waals surface area contributed by atoms with Gasteiger partial charge in [0.25, 0.3) is 0 Å². The zero-order chi connectivity index (χ0) is 16.6. The monoisotopic (exact) mass is 320 g/mol. The molecule has 1 aliphatic heterocycles. The first-order chi connectivity index (χ1) is 10.9. The second-order valence-electron chi connectivity index (χ2n) is 5.65. The maximum atomic E-state index is 12.7. The van der Waals surface area contributed by atoms with E-state index in [0.717, 1.165) is 36.4 Å². The lowest BCUT2D eigenvalue weighted by Crippen LogP contribution is -2.27. The number of aromatic nitrogens is 2. The van der Waals surface area contributed by atoms with E-state index in [4.69, 9.17) is 5.26 Å². The molecule has 0 bridgehead atoms. The molecule has 0 aliphatic carbocycles. The first kappa shape index (κ1) is 15.6. The second kappa shape index (κ2) is 5.70. The topological polar surface area (TPSA) is 44.9 Å². The van der Waals surface area contributed by atoms with E-state index in [-0.39, 0.29) is 6.54 Å². The van der Waals surface area contributed by atoms with Crippen LogP contribution in [0.1, 0.15) is 16.8 Å². The summed E-state index contributed by atoms with van der Waals surface area (Å²) in [5.41, 5.74) is 2.62. The second-order valence-corrected chi connectivity index (χ2v) is 5.65. The maximum Gasteiger partial charge on any atom is 0.416 e. The summed E-state index contributed by atoms with van der Waals surface area (Å²) in [6.45, 7) is 1.69. The van der Waals surface area contributed by atoms with Crippen molar-refractivity contribution < 1.29 is 13.2 Å². The minimum absolute atomic E-state index is 0.146. The first-order valence-corrected chi connectivity index (χ1v) is 7.22. The Kier molecular flexibility index (Phi) is 3.86. The molecule has 1 aromatic heterocycles. The summed E-state index contributed by atoms with van der Waals surface area (Å²) >= 11 is 0. The summed E-state index contributed by atoms with van der Waals surface area (Å²) in [7, 11) is 1.99. The minimum atomic E-state index is -4.35. The number of nitriles is 1. The zero-order valence-corrected chi connectivity index (χ0v) is 12.6. The highest BCUT2D eigenvalue weighted by atomic mass is 19.4. The molecule has 0 N–H and O–H groups in total. The third-order valence-corrected chi connectivity index (χ3v) is 4.03. The fourth-order valence-corrected chi connectivity index (χ4v) is 2.87. The molecule has 0 unspecified atom stereocenters. The summed E-state index contributed by atoms with van der Waals surface area (Å²) in [6, 6.07) is 7.09. The van der Waals surface area contributed by atoms with Crippen LogP contribution in [0.25, 0.3) is 11.3 Å². The highest BCUT2D eigenvalue weighted by molar-refractivity contribution is 5.65. The molecule has 1 aliphatic rings. The summed E-state index contributed by atoms with van der Waals surface area (Å²) in [4.78, 5) is 2.13. The number of hydrogen-bond donors (Lipinski definition) is 0. The van der Waals surface area contributed by atoms with E-state index < -0.39 is 11.7 Å². The lowest BCUT2D eigenvalue weighted by Gasteiger charge is -2.23. The smallest absolute Gasteiger partial charge is 0.302 e. The molecular weight excluding hydrogens is 305 g/mol. The fourth-order valence-electron chi connectivity index (χ4n) is 2.87. The van der Waals surface area contributed by atoms with Crippen molar-refractivity contribution in [2.24, 2.45) is 0 Å². The van der Waals surface area contributed by atoms with Crippen molar-refractivity contribution in [3.05, 3.63) is 41.1 Å². The molecule has 2 heterocycles. The van der Waals surface area contributed by atoms with Gasteiger partial charge in [0, 0.05) is 36.3 Å². The minimum Gasteiger partial charge on any atom is -0.302 e. The van der Waals surface area contributed by atoms with Crippen molar-refractivity contribution in [3.63, 3.8) is 0 Å². The van der Waals surface area contributed by atoms with Crippen LogP contribution in [0, 0.1) is 11.3 Å². The Morgan fingerprint density at radius 3 is 2.57 bits per heavy atom. The van der Waals surface area contributed by atoms with E-state index in [2.05, 4.69) is 16.1 Å². The van der Waals surface area contributed by atoms with Crippen LogP contribution in [-0.2, 0) is 25.7 Å². The van der Waals surface area contributed by atoms with Crippen LogP contribution in [-0.4, -0.2) is 28.3 Å². The van der Waals surface area contributed by atoms with Gasteiger partial charge in [0.1, 0.15) is 6.54 Å². The lowest BCUT2D eigenvalue weighted by atomic mass is 10.0. The Bertz CT molecular complexity index is 753. The molecule has 7 heteroatoms. The summed E-state index contributed by atoms with van der Waals surface area (Å²) in [5.74, 6) is 0. The van der Waals surface area contributed by atoms with Crippen LogP contribution >= 0.6 is 0 Å². The van der Waals surface area contributed by atoms with Gasteiger partial charge in [0.15, 0.2) is 0 Å². The molecule has 2 aromatic rings. The molecule has 0 saturated heterocycles. The first-order valence-electron chi connectivity index (χ1n) is 7.22. The van der Waals surface area contributed by atoms with Crippen LogP contribution in [0.5, 0.6) is 0 Å². The van der Waals surface area contributed by atoms with E-state index in [0.29, 0.717) is 17.8 Å². The molecule has 4 nitrogen and oxygen atoms in total. The number of hydrogen-bond acceptors (Lipinski definition) is 3. The van der Waals surface area contributed by atoms with E-state index in [1.807, 2.05) is 7.05 Å². The molecule has 0 fully saturated rings. The molecule has 0 radical (unpaired) electrons. The van der Waals surface area contributed by atoms with E-state index >= 15 is 0 Å². The van der Waals surface area contributed by atoms with Gasteiger partial charge < -0.3 is 4.90 Å². The largest absolute Gasteiger partial charge is 0.416 e. The van der Waals surface area contributed by atoms with E-state index in [1.165, 1.54) is 12.1 Å². The Balaban J connectivity index is 2.04. The molecule has 0 saturated carbocycles. The Morgan fingerprint density at radius 1 is 1.26 bits per heavy atom. The standard InChI is InChI=1S/C16H15F3N4/c1-22-8-6-14-13(10-22)15(21-23(14)9-7-20)11-2-4-12(5-3-11)16(17,18)19/h2-5H,6,8-10H2,1H3. The highest BCUT2D eigenvalue weighted by Gasteiger charge is 2.30.